The Labute approximate surface area is 138 Å². The highest BCUT2D eigenvalue weighted by molar-refractivity contribution is 7.88. The molecule has 1 aromatic carbocycles. The first kappa shape index (κ1) is 17.3. The summed E-state index contributed by atoms with van der Waals surface area (Å²) in [6.45, 7) is -0.274. The van der Waals surface area contributed by atoms with Crippen LogP contribution in [0.2, 0.25) is 5.02 Å². The first-order valence-electron chi connectivity index (χ1n) is 6.38. The molecule has 0 aliphatic heterocycles. The maximum atomic E-state index is 11.9. The van der Waals surface area contributed by atoms with E-state index in [4.69, 9.17) is 20.8 Å². The number of phenolic OH excluding ortho intramolecular Hbond substituents is 1. The Morgan fingerprint density at radius 3 is 2.61 bits per heavy atom. The van der Waals surface area contributed by atoms with E-state index in [1.807, 2.05) is 0 Å². The Hall–Kier alpha value is -2.03. The number of aromatic hydroxyl groups is 1. The average Bonchev–Trinajstić information content (AvgIpc) is 2.94. The molecule has 1 N–H and O–H groups in total. The predicted octanol–water partition coefficient (Wildman–Crippen LogP) is 2.25. The minimum Gasteiger partial charge on any atom is -0.507 e. The number of phenols is 1. The van der Waals surface area contributed by atoms with Gasteiger partial charge in [-0.25, -0.2) is 17.5 Å². The van der Waals surface area contributed by atoms with Gasteiger partial charge in [-0.3, -0.25) is 0 Å². The van der Waals surface area contributed by atoms with Gasteiger partial charge in [0.05, 0.1) is 0 Å². The smallest absolute Gasteiger partial charge is 0.342 e. The number of nitrogens with zero attached hydrogens (tertiary/aromatic N) is 1. The lowest BCUT2D eigenvalue weighted by atomic mass is 10.2. The van der Waals surface area contributed by atoms with Gasteiger partial charge in [-0.15, -0.1) is 0 Å². The number of carbonyl (C=O) groups is 1. The van der Waals surface area contributed by atoms with Gasteiger partial charge in [0.2, 0.25) is 5.09 Å². The van der Waals surface area contributed by atoms with Crippen molar-refractivity contribution >= 4 is 27.6 Å². The van der Waals surface area contributed by atoms with Crippen molar-refractivity contribution in [3.63, 3.8) is 0 Å². The summed E-state index contributed by atoms with van der Waals surface area (Å²) in [5, 5.41) is 9.67. The summed E-state index contributed by atoms with van der Waals surface area (Å²) in [6, 6.07) is 6.65. The number of esters is 1. The van der Waals surface area contributed by atoms with Gasteiger partial charge in [-0.1, -0.05) is 11.6 Å². The molecule has 0 aliphatic carbocycles. The van der Waals surface area contributed by atoms with Crippen LogP contribution in [0.3, 0.4) is 0 Å². The largest absolute Gasteiger partial charge is 0.507 e. The van der Waals surface area contributed by atoms with Crippen molar-refractivity contribution in [1.82, 2.24) is 4.31 Å². The van der Waals surface area contributed by atoms with Crippen LogP contribution >= 0.6 is 11.6 Å². The summed E-state index contributed by atoms with van der Waals surface area (Å²) in [6.07, 6.45) is 0. The third kappa shape index (κ3) is 3.84. The summed E-state index contributed by atoms with van der Waals surface area (Å²) in [5.41, 5.74) is -0.0536. The molecular weight excluding hydrogens is 346 g/mol. The summed E-state index contributed by atoms with van der Waals surface area (Å²) >= 11 is 5.68. The minimum atomic E-state index is -3.69. The number of halogens is 1. The van der Waals surface area contributed by atoms with E-state index in [1.165, 1.54) is 44.4 Å². The Balaban J connectivity index is 2.07. The molecular formula is C14H14ClNO6S. The van der Waals surface area contributed by atoms with Crippen LogP contribution in [0, 0.1) is 0 Å². The molecule has 2 rings (SSSR count). The number of rotatable bonds is 5. The van der Waals surface area contributed by atoms with Crippen LogP contribution in [0.25, 0.3) is 0 Å². The monoisotopic (exact) mass is 359 g/mol. The Kier molecular flexibility index (Phi) is 4.98. The number of furan rings is 1. The average molecular weight is 360 g/mol. The standard InChI is InChI=1S/C14H14ClNO6S/c1-16(2)23(19,20)13-6-4-10(22-13)8-21-14(18)11-5-3-9(15)7-12(11)17/h3-7,17H,8H2,1-2H3. The first-order valence-corrected chi connectivity index (χ1v) is 8.20. The topological polar surface area (TPSA) is 97.0 Å². The number of hydrogen-bond donors (Lipinski definition) is 1. The van der Waals surface area contributed by atoms with E-state index in [2.05, 4.69) is 0 Å². The second kappa shape index (κ2) is 6.61. The van der Waals surface area contributed by atoms with Gasteiger partial charge in [-0.05, 0) is 30.3 Å². The number of hydrogen-bond acceptors (Lipinski definition) is 6. The van der Waals surface area contributed by atoms with E-state index in [9.17, 15) is 18.3 Å². The second-order valence-corrected chi connectivity index (χ2v) is 7.27. The van der Waals surface area contributed by atoms with Gasteiger partial charge in [0.25, 0.3) is 10.0 Å². The molecule has 0 amide bonds. The summed E-state index contributed by atoms with van der Waals surface area (Å²) in [4.78, 5) is 11.9. The van der Waals surface area contributed by atoms with E-state index in [0.717, 1.165) is 4.31 Å². The molecule has 0 fully saturated rings. The van der Waals surface area contributed by atoms with Crippen molar-refractivity contribution in [3.05, 3.63) is 46.7 Å². The maximum Gasteiger partial charge on any atom is 0.342 e. The lowest BCUT2D eigenvalue weighted by Gasteiger charge is -2.08. The van der Waals surface area contributed by atoms with Crippen molar-refractivity contribution in [2.24, 2.45) is 0 Å². The second-order valence-electron chi connectivity index (χ2n) is 4.75. The van der Waals surface area contributed by atoms with Crippen LogP contribution in [0.5, 0.6) is 5.75 Å². The van der Waals surface area contributed by atoms with Crippen LogP contribution in [-0.2, 0) is 21.4 Å². The number of benzene rings is 1. The van der Waals surface area contributed by atoms with Crippen LogP contribution in [0.15, 0.2) is 39.8 Å². The van der Waals surface area contributed by atoms with Gasteiger partial charge in [0, 0.05) is 19.1 Å². The van der Waals surface area contributed by atoms with Gasteiger partial charge in [0.1, 0.15) is 23.7 Å². The van der Waals surface area contributed by atoms with Gasteiger partial charge < -0.3 is 14.3 Å². The number of carbonyl (C=O) groups excluding carboxylic acids is 1. The van der Waals surface area contributed by atoms with E-state index < -0.39 is 16.0 Å². The first-order chi connectivity index (χ1) is 10.7. The highest BCUT2D eigenvalue weighted by atomic mass is 35.5. The molecule has 0 bridgehead atoms. The molecule has 124 valence electrons. The quantitative estimate of drug-likeness (QED) is 0.822. The molecule has 0 spiro atoms. The minimum absolute atomic E-state index is 0.0536. The normalized spacial score (nSPS) is 11.7. The molecule has 0 aliphatic rings. The zero-order valence-electron chi connectivity index (χ0n) is 12.3. The number of ether oxygens (including phenoxy) is 1. The molecule has 0 atom stereocenters. The molecule has 0 saturated heterocycles. The van der Waals surface area contributed by atoms with Crippen molar-refractivity contribution in [2.75, 3.05) is 14.1 Å². The van der Waals surface area contributed by atoms with Crippen LogP contribution in [0.1, 0.15) is 16.1 Å². The van der Waals surface area contributed by atoms with Crippen molar-refractivity contribution < 1.29 is 27.5 Å². The summed E-state index contributed by atoms with van der Waals surface area (Å²) in [5.74, 6) is -0.933. The van der Waals surface area contributed by atoms with Crippen LogP contribution in [-0.4, -0.2) is 37.9 Å². The molecule has 1 heterocycles. The van der Waals surface area contributed by atoms with Crippen LogP contribution < -0.4 is 0 Å². The molecule has 0 radical (unpaired) electrons. The van der Waals surface area contributed by atoms with E-state index in [1.54, 1.807) is 0 Å². The molecule has 1 aromatic heterocycles. The molecule has 23 heavy (non-hydrogen) atoms. The lowest BCUT2D eigenvalue weighted by molar-refractivity contribution is 0.0437. The predicted molar refractivity (Wildman–Crippen MR) is 81.8 cm³/mol. The van der Waals surface area contributed by atoms with E-state index in [0.29, 0.717) is 0 Å². The third-order valence-electron chi connectivity index (χ3n) is 2.90. The maximum absolute atomic E-state index is 11.9. The Morgan fingerprint density at radius 2 is 2.00 bits per heavy atom. The molecule has 0 saturated carbocycles. The van der Waals surface area contributed by atoms with Crippen LogP contribution in [0.4, 0.5) is 0 Å². The van der Waals surface area contributed by atoms with Crippen molar-refractivity contribution in [1.29, 1.82) is 0 Å². The zero-order valence-corrected chi connectivity index (χ0v) is 13.9. The SMILES string of the molecule is CN(C)S(=O)(=O)c1ccc(COC(=O)c2ccc(Cl)cc2O)o1. The summed E-state index contributed by atoms with van der Waals surface area (Å²) < 4.78 is 34.9. The van der Waals surface area contributed by atoms with Gasteiger partial charge >= 0.3 is 5.97 Å². The van der Waals surface area contributed by atoms with Crippen molar-refractivity contribution in [2.45, 2.75) is 11.7 Å². The zero-order chi connectivity index (χ0) is 17.2. The highest BCUT2D eigenvalue weighted by Crippen LogP contribution is 2.23. The fourth-order valence-corrected chi connectivity index (χ4v) is 2.62. The highest BCUT2D eigenvalue weighted by Gasteiger charge is 2.22. The summed E-state index contributed by atoms with van der Waals surface area (Å²) in [7, 11) is -0.935. The molecule has 7 nitrogen and oxygen atoms in total. The van der Waals surface area contributed by atoms with E-state index in [-0.39, 0.29) is 33.8 Å². The number of sulfonamides is 1. The van der Waals surface area contributed by atoms with Crippen molar-refractivity contribution in [3.8, 4) is 5.75 Å². The molecule has 0 unspecified atom stereocenters. The fraction of sp³-hybridized carbons (Fsp3) is 0.214. The van der Waals surface area contributed by atoms with Gasteiger partial charge in [-0.2, -0.15) is 0 Å². The van der Waals surface area contributed by atoms with Gasteiger partial charge in [0.15, 0.2) is 0 Å². The lowest BCUT2D eigenvalue weighted by Crippen LogP contribution is -2.21. The molecule has 9 heteroatoms. The molecule has 2 aromatic rings. The Morgan fingerprint density at radius 1 is 1.30 bits per heavy atom. The third-order valence-corrected chi connectivity index (χ3v) is 4.82. The fourth-order valence-electron chi connectivity index (χ4n) is 1.65. The van der Waals surface area contributed by atoms with E-state index >= 15 is 0 Å². The Bertz CT molecular complexity index is 828.